The molecule has 7 heteroatoms. The second-order valence-electron chi connectivity index (χ2n) is 7.97. The smallest absolute Gasteiger partial charge is 0.186 e. The molecule has 1 fully saturated rings. The Bertz CT molecular complexity index is 926. The van der Waals surface area contributed by atoms with Gasteiger partial charge in [-0.3, -0.25) is 0 Å². The number of fused-ring (bicyclic) bond motifs is 1. The lowest BCUT2D eigenvalue weighted by molar-refractivity contribution is 0.202. The van der Waals surface area contributed by atoms with E-state index >= 15 is 0 Å². The van der Waals surface area contributed by atoms with Crippen LogP contribution in [0, 0.1) is 5.92 Å². The summed E-state index contributed by atoms with van der Waals surface area (Å²) in [5, 5.41) is 0.998. The Morgan fingerprint density at radius 3 is 2.65 bits per heavy atom. The van der Waals surface area contributed by atoms with Crippen LogP contribution in [0.4, 0.5) is 5.13 Å². The summed E-state index contributed by atoms with van der Waals surface area (Å²) < 4.78 is 13.0. The molecule has 0 radical (unpaired) electrons. The average molecular weight is 462 g/mol. The van der Waals surface area contributed by atoms with E-state index in [1.54, 1.807) is 18.4 Å². The van der Waals surface area contributed by atoms with Crippen LogP contribution in [0.3, 0.4) is 0 Å². The number of aromatic nitrogens is 1. The summed E-state index contributed by atoms with van der Waals surface area (Å²) in [6.45, 7) is 2.84. The van der Waals surface area contributed by atoms with Crippen LogP contribution in [0.25, 0.3) is 10.2 Å². The molecule has 3 aromatic rings. The Kier molecular flexibility index (Phi) is 8.81. The lowest BCUT2D eigenvalue weighted by atomic mass is 9.90. The molecule has 1 aromatic heterocycles. The molecule has 0 bridgehead atoms. The fourth-order valence-electron chi connectivity index (χ4n) is 4.10. The van der Waals surface area contributed by atoms with E-state index in [1.165, 1.54) is 36.8 Å². The van der Waals surface area contributed by atoms with E-state index in [1.807, 2.05) is 12.1 Å². The van der Waals surface area contributed by atoms with Crippen molar-refractivity contribution in [2.24, 2.45) is 11.7 Å². The minimum atomic E-state index is 0. The molecular weight excluding hydrogens is 430 g/mol. The van der Waals surface area contributed by atoms with Gasteiger partial charge in [0.2, 0.25) is 0 Å². The summed E-state index contributed by atoms with van der Waals surface area (Å²) in [4.78, 5) is 7.04. The zero-order chi connectivity index (χ0) is 20.8. The van der Waals surface area contributed by atoms with Crippen molar-refractivity contribution in [2.75, 3.05) is 31.7 Å². The first-order valence-electron chi connectivity index (χ1n) is 10.9. The van der Waals surface area contributed by atoms with Crippen molar-refractivity contribution in [2.45, 2.75) is 38.6 Å². The van der Waals surface area contributed by atoms with Crippen LogP contribution in [-0.4, -0.2) is 31.8 Å². The van der Waals surface area contributed by atoms with Crippen molar-refractivity contribution in [1.29, 1.82) is 0 Å². The summed E-state index contributed by atoms with van der Waals surface area (Å²) in [5.74, 6) is 2.29. The summed E-state index contributed by atoms with van der Waals surface area (Å²) in [7, 11) is 1.71. The zero-order valence-corrected chi connectivity index (χ0v) is 19.7. The van der Waals surface area contributed by atoms with Gasteiger partial charge in [-0.05, 0) is 48.6 Å². The number of nitrogens with two attached hydrogens (primary N) is 1. The third-order valence-corrected chi connectivity index (χ3v) is 6.85. The van der Waals surface area contributed by atoms with Crippen LogP contribution in [0.5, 0.6) is 11.5 Å². The van der Waals surface area contributed by atoms with Gasteiger partial charge in [-0.2, -0.15) is 0 Å². The Hall–Kier alpha value is -2.02. The average Bonchev–Trinajstić information content (AvgIpc) is 3.23. The molecule has 2 N–H and O–H groups in total. The van der Waals surface area contributed by atoms with Gasteiger partial charge in [0, 0.05) is 19.6 Å². The zero-order valence-electron chi connectivity index (χ0n) is 18.1. The number of hydrogen-bond acceptors (Lipinski definition) is 6. The minimum absolute atomic E-state index is 0. The first kappa shape index (κ1) is 23.6. The maximum Gasteiger partial charge on any atom is 0.186 e. The van der Waals surface area contributed by atoms with Crippen molar-refractivity contribution in [1.82, 2.24) is 4.98 Å². The fourth-order valence-corrected chi connectivity index (χ4v) is 5.10. The number of ether oxygens (including phenoxy) is 2. The van der Waals surface area contributed by atoms with Crippen LogP contribution >= 0.6 is 23.7 Å². The molecule has 168 valence electrons. The second-order valence-corrected chi connectivity index (χ2v) is 8.98. The third kappa shape index (κ3) is 6.03. The number of halogens is 1. The first-order chi connectivity index (χ1) is 14.8. The van der Waals surface area contributed by atoms with Gasteiger partial charge in [0.25, 0.3) is 0 Å². The van der Waals surface area contributed by atoms with Gasteiger partial charge < -0.3 is 20.1 Å². The van der Waals surface area contributed by atoms with Crippen LogP contribution in [0.15, 0.2) is 42.5 Å². The van der Waals surface area contributed by atoms with Gasteiger partial charge in [0.1, 0.15) is 0 Å². The molecule has 4 rings (SSSR count). The van der Waals surface area contributed by atoms with Crippen molar-refractivity contribution < 1.29 is 9.47 Å². The lowest BCUT2D eigenvalue weighted by Gasteiger charge is -2.23. The maximum absolute atomic E-state index is 6.13. The van der Waals surface area contributed by atoms with Gasteiger partial charge >= 0.3 is 0 Å². The van der Waals surface area contributed by atoms with Crippen molar-refractivity contribution in [3.63, 3.8) is 0 Å². The molecule has 0 spiro atoms. The van der Waals surface area contributed by atoms with Crippen molar-refractivity contribution in [3.8, 4) is 11.5 Å². The Morgan fingerprint density at radius 1 is 1.10 bits per heavy atom. The van der Waals surface area contributed by atoms with Crippen molar-refractivity contribution in [3.05, 3.63) is 48.0 Å². The molecule has 31 heavy (non-hydrogen) atoms. The molecule has 0 amide bonds. The van der Waals surface area contributed by atoms with E-state index in [2.05, 4.69) is 35.2 Å². The number of rotatable bonds is 9. The van der Waals surface area contributed by atoms with E-state index in [0.717, 1.165) is 47.4 Å². The number of methoxy groups -OCH3 is 1. The number of benzene rings is 2. The van der Waals surface area contributed by atoms with Crippen LogP contribution in [0.1, 0.15) is 37.7 Å². The first-order valence-corrected chi connectivity index (χ1v) is 11.7. The molecule has 1 heterocycles. The molecule has 0 saturated heterocycles. The number of nitrogens with zero attached hydrogens (tertiary/aromatic N) is 2. The van der Waals surface area contributed by atoms with Gasteiger partial charge in [-0.1, -0.05) is 48.8 Å². The lowest BCUT2D eigenvalue weighted by Crippen LogP contribution is -2.28. The number of hydrogen-bond donors (Lipinski definition) is 1. The van der Waals surface area contributed by atoms with Crippen LogP contribution in [0.2, 0.25) is 0 Å². The number of anilines is 1. The summed E-state index contributed by atoms with van der Waals surface area (Å²) in [6.07, 6.45) is 6.56. The van der Waals surface area contributed by atoms with Gasteiger partial charge in [-0.15, -0.1) is 12.4 Å². The molecular formula is C24H32ClN3O2S. The summed E-state index contributed by atoms with van der Waals surface area (Å²) in [6, 6.07) is 14.5. The minimum Gasteiger partial charge on any atom is -0.493 e. The van der Waals surface area contributed by atoms with Gasteiger partial charge in [-0.25, -0.2) is 4.98 Å². The highest BCUT2D eigenvalue weighted by Crippen LogP contribution is 2.33. The largest absolute Gasteiger partial charge is 0.493 e. The summed E-state index contributed by atoms with van der Waals surface area (Å²) in [5.41, 5.74) is 8.08. The topological polar surface area (TPSA) is 60.6 Å². The Balaban J connectivity index is 0.00000272. The number of para-hydroxylation sites is 1. The standard InChI is InChI=1S/C24H31N3O2S.ClH/c1-28-22-15-19(11-12-21(22)29-17-18-7-3-2-4-8-18)16-27(14-13-25)24-26-20-9-5-6-10-23(20)30-24;/h5-6,9-12,15,18H,2-4,7-8,13-14,16-17,25H2,1H3;1H. The van der Waals surface area contributed by atoms with Crippen LogP contribution in [-0.2, 0) is 6.54 Å². The van der Waals surface area contributed by atoms with E-state index in [-0.39, 0.29) is 12.4 Å². The van der Waals surface area contributed by atoms with Gasteiger partial charge in [0.15, 0.2) is 16.6 Å². The molecule has 2 aromatic carbocycles. The van der Waals surface area contributed by atoms with E-state index in [4.69, 9.17) is 20.2 Å². The molecule has 5 nitrogen and oxygen atoms in total. The monoisotopic (exact) mass is 461 g/mol. The SMILES string of the molecule is COc1cc(CN(CCN)c2nc3ccccc3s2)ccc1OCC1CCCCC1.Cl. The fraction of sp³-hybridized carbons (Fsp3) is 0.458. The number of thiazole rings is 1. The van der Waals surface area contributed by atoms with E-state index in [9.17, 15) is 0 Å². The predicted molar refractivity (Wildman–Crippen MR) is 132 cm³/mol. The quantitative estimate of drug-likeness (QED) is 0.446. The second kappa shape index (κ2) is 11.6. The van der Waals surface area contributed by atoms with E-state index < -0.39 is 0 Å². The highest BCUT2D eigenvalue weighted by molar-refractivity contribution is 7.22. The Labute approximate surface area is 195 Å². The highest BCUT2D eigenvalue weighted by Gasteiger charge is 2.17. The molecule has 0 aliphatic heterocycles. The molecule has 1 saturated carbocycles. The Morgan fingerprint density at radius 2 is 1.90 bits per heavy atom. The molecule has 0 atom stereocenters. The highest BCUT2D eigenvalue weighted by atomic mass is 35.5. The normalized spacial score (nSPS) is 14.3. The third-order valence-electron chi connectivity index (χ3n) is 5.75. The van der Waals surface area contributed by atoms with Crippen molar-refractivity contribution >= 4 is 39.1 Å². The molecule has 1 aliphatic carbocycles. The maximum atomic E-state index is 6.13. The predicted octanol–water partition coefficient (Wildman–Crippen LogP) is 5.65. The van der Waals surface area contributed by atoms with Gasteiger partial charge in [0.05, 0.1) is 23.9 Å². The molecule has 1 aliphatic rings. The molecule has 0 unspecified atom stereocenters. The van der Waals surface area contributed by atoms with Crippen LogP contribution < -0.4 is 20.1 Å². The van der Waals surface area contributed by atoms with E-state index in [0.29, 0.717) is 12.5 Å². The summed E-state index contributed by atoms with van der Waals surface area (Å²) >= 11 is 1.70.